The number of rotatable bonds is 2. The van der Waals surface area contributed by atoms with Crippen molar-refractivity contribution in [3.63, 3.8) is 0 Å². The third kappa shape index (κ3) is 1.82. The van der Waals surface area contributed by atoms with E-state index in [1.165, 1.54) is 0 Å². The first-order valence-electron chi connectivity index (χ1n) is 5.74. The lowest BCUT2D eigenvalue weighted by Crippen LogP contribution is -1.96. The molecule has 0 unspecified atom stereocenters. The van der Waals surface area contributed by atoms with Crippen LogP contribution in [0.3, 0.4) is 0 Å². The molecule has 0 amide bonds. The zero-order valence-electron chi connectivity index (χ0n) is 9.92. The molecule has 1 nitrogen and oxygen atoms in total. The Balaban J connectivity index is 2.30. The average Bonchev–Trinajstić information content (AvgIpc) is 2.96. The molecule has 1 aromatic carbocycles. The van der Waals surface area contributed by atoms with Gasteiger partial charge in [0, 0.05) is 0 Å². The molecule has 16 heavy (non-hydrogen) atoms. The van der Waals surface area contributed by atoms with Crippen LogP contribution in [-0.2, 0) is 0 Å². The number of hydrogen-bond donors (Lipinski definition) is 0. The highest BCUT2D eigenvalue weighted by Gasteiger charge is 2.40. The normalized spacial score (nSPS) is 23.2. The lowest BCUT2D eigenvalue weighted by Gasteiger charge is -2.06. The van der Waals surface area contributed by atoms with Crippen molar-refractivity contribution in [3.05, 3.63) is 34.6 Å². The second-order valence-corrected chi connectivity index (χ2v) is 5.06. The first kappa shape index (κ1) is 11.1. The van der Waals surface area contributed by atoms with Crippen LogP contribution in [0.2, 0.25) is 0 Å². The minimum atomic E-state index is -0.369. The SMILES string of the molecule is Cc1cc([C@H]2C[C@@H]2C(C)C)cc(F)c1C#N. The van der Waals surface area contributed by atoms with E-state index in [1.54, 1.807) is 13.0 Å². The predicted molar refractivity (Wildman–Crippen MR) is 61.5 cm³/mol. The van der Waals surface area contributed by atoms with E-state index in [0.717, 1.165) is 17.5 Å². The Bertz CT molecular complexity index is 433. The maximum Gasteiger partial charge on any atom is 0.141 e. The third-order valence-corrected chi connectivity index (χ3v) is 3.55. The van der Waals surface area contributed by atoms with Crippen LogP contribution in [0.25, 0.3) is 0 Å². The number of benzene rings is 1. The molecule has 84 valence electrons. The van der Waals surface area contributed by atoms with Crippen LogP contribution < -0.4 is 0 Å². The molecule has 1 aliphatic carbocycles. The number of hydrogen-bond acceptors (Lipinski definition) is 1. The van der Waals surface area contributed by atoms with Gasteiger partial charge in [-0.25, -0.2) is 4.39 Å². The summed E-state index contributed by atoms with van der Waals surface area (Å²) in [6, 6.07) is 5.42. The van der Waals surface area contributed by atoms with E-state index in [4.69, 9.17) is 5.26 Å². The lowest BCUT2D eigenvalue weighted by molar-refractivity contribution is 0.547. The van der Waals surface area contributed by atoms with Gasteiger partial charge in [0.15, 0.2) is 0 Å². The predicted octanol–water partition coefficient (Wildman–Crippen LogP) is 3.77. The van der Waals surface area contributed by atoms with Gasteiger partial charge in [0.1, 0.15) is 11.9 Å². The molecule has 1 fully saturated rings. The van der Waals surface area contributed by atoms with Crippen molar-refractivity contribution in [1.82, 2.24) is 0 Å². The Morgan fingerprint density at radius 1 is 1.44 bits per heavy atom. The van der Waals surface area contributed by atoms with E-state index in [2.05, 4.69) is 13.8 Å². The molecule has 0 saturated heterocycles. The molecule has 0 radical (unpaired) electrons. The Morgan fingerprint density at radius 3 is 2.56 bits per heavy atom. The molecule has 2 heteroatoms. The molecule has 0 aliphatic heterocycles. The molecule has 2 atom stereocenters. The molecule has 0 bridgehead atoms. The molecular weight excluding hydrogens is 201 g/mol. The lowest BCUT2D eigenvalue weighted by atomic mass is 9.99. The van der Waals surface area contributed by atoms with Crippen LogP contribution >= 0.6 is 0 Å². The smallest absolute Gasteiger partial charge is 0.141 e. The van der Waals surface area contributed by atoms with Crippen LogP contribution in [0.15, 0.2) is 12.1 Å². The minimum Gasteiger partial charge on any atom is -0.206 e. The highest BCUT2D eigenvalue weighted by molar-refractivity contribution is 5.43. The van der Waals surface area contributed by atoms with Crippen LogP contribution in [0, 0.1) is 35.9 Å². The fraction of sp³-hybridized carbons (Fsp3) is 0.500. The van der Waals surface area contributed by atoms with Gasteiger partial charge in [0.05, 0.1) is 5.56 Å². The molecule has 0 spiro atoms. The molecule has 0 heterocycles. The summed E-state index contributed by atoms with van der Waals surface area (Å²) >= 11 is 0. The van der Waals surface area contributed by atoms with Crippen molar-refractivity contribution >= 4 is 0 Å². The quantitative estimate of drug-likeness (QED) is 0.739. The van der Waals surface area contributed by atoms with E-state index in [9.17, 15) is 4.39 Å². The fourth-order valence-corrected chi connectivity index (χ4v) is 2.46. The second-order valence-electron chi connectivity index (χ2n) is 5.06. The highest BCUT2D eigenvalue weighted by Crippen LogP contribution is 2.52. The van der Waals surface area contributed by atoms with Crippen LogP contribution in [-0.4, -0.2) is 0 Å². The van der Waals surface area contributed by atoms with E-state index in [0.29, 0.717) is 17.8 Å². The highest BCUT2D eigenvalue weighted by atomic mass is 19.1. The van der Waals surface area contributed by atoms with E-state index in [-0.39, 0.29) is 11.4 Å². The van der Waals surface area contributed by atoms with Gasteiger partial charge in [0.2, 0.25) is 0 Å². The summed E-state index contributed by atoms with van der Waals surface area (Å²) in [6.07, 6.45) is 1.16. The maximum absolute atomic E-state index is 13.6. The van der Waals surface area contributed by atoms with Crippen molar-refractivity contribution in [3.8, 4) is 6.07 Å². The minimum absolute atomic E-state index is 0.186. The van der Waals surface area contributed by atoms with Crippen molar-refractivity contribution < 1.29 is 4.39 Å². The summed E-state index contributed by atoms with van der Waals surface area (Å²) in [5.41, 5.74) is 2.00. The number of halogens is 1. The maximum atomic E-state index is 13.6. The molecule has 2 rings (SSSR count). The van der Waals surface area contributed by atoms with Gasteiger partial charge in [-0.05, 0) is 48.3 Å². The van der Waals surface area contributed by atoms with Crippen molar-refractivity contribution in [2.75, 3.05) is 0 Å². The Morgan fingerprint density at radius 2 is 2.12 bits per heavy atom. The van der Waals surface area contributed by atoms with E-state index >= 15 is 0 Å². The Hall–Kier alpha value is -1.36. The zero-order valence-corrected chi connectivity index (χ0v) is 9.92. The summed E-state index contributed by atoms with van der Waals surface area (Å²) in [5, 5.41) is 8.79. The van der Waals surface area contributed by atoms with Gasteiger partial charge in [-0.3, -0.25) is 0 Å². The molecule has 0 N–H and O–H groups in total. The summed E-state index contributed by atoms with van der Waals surface area (Å²) in [6.45, 7) is 6.22. The summed E-state index contributed by atoms with van der Waals surface area (Å²) in [7, 11) is 0. The summed E-state index contributed by atoms with van der Waals surface area (Å²) < 4.78 is 13.6. The van der Waals surface area contributed by atoms with Crippen molar-refractivity contribution in [1.29, 1.82) is 5.26 Å². The topological polar surface area (TPSA) is 23.8 Å². The standard InChI is InChI=1S/C14H16FN/c1-8(2)11-6-12(11)10-4-9(3)13(7-16)14(15)5-10/h4-5,8,11-12H,6H2,1-3H3/t11-,12-/m1/s1. The summed E-state index contributed by atoms with van der Waals surface area (Å²) in [4.78, 5) is 0. The van der Waals surface area contributed by atoms with Gasteiger partial charge in [-0.15, -0.1) is 0 Å². The molecule has 1 aliphatic rings. The number of aryl methyl sites for hydroxylation is 1. The number of nitrogens with zero attached hydrogens (tertiary/aromatic N) is 1. The van der Waals surface area contributed by atoms with Gasteiger partial charge >= 0.3 is 0 Å². The third-order valence-electron chi connectivity index (χ3n) is 3.55. The van der Waals surface area contributed by atoms with Crippen molar-refractivity contribution in [2.45, 2.75) is 33.1 Å². The van der Waals surface area contributed by atoms with E-state index < -0.39 is 0 Å². The second kappa shape index (κ2) is 3.90. The van der Waals surface area contributed by atoms with Gasteiger partial charge in [-0.1, -0.05) is 19.9 Å². The number of nitriles is 1. The fourth-order valence-electron chi connectivity index (χ4n) is 2.46. The van der Waals surface area contributed by atoms with Gasteiger partial charge < -0.3 is 0 Å². The molecular formula is C14H16FN. The molecule has 1 aromatic rings. The molecule has 0 aromatic heterocycles. The molecule has 1 saturated carbocycles. The summed E-state index contributed by atoms with van der Waals surface area (Å²) in [5.74, 6) is 1.48. The monoisotopic (exact) mass is 217 g/mol. The zero-order chi connectivity index (χ0) is 11.9. The first-order valence-corrected chi connectivity index (χ1v) is 5.74. The van der Waals surface area contributed by atoms with Gasteiger partial charge in [-0.2, -0.15) is 5.26 Å². The van der Waals surface area contributed by atoms with Crippen LogP contribution in [0.5, 0.6) is 0 Å². The van der Waals surface area contributed by atoms with Gasteiger partial charge in [0.25, 0.3) is 0 Å². The first-order chi connectivity index (χ1) is 7.54. The Kier molecular flexibility index (Phi) is 2.71. The largest absolute Gasteiger partial charge is 0.206 e. The van der Waals surface area contributed by atoms with E-state index in [1.807, 2.05) is 12.1 Å². The Labute approximate surface area is 95.9 Å². The average molecular weight is 217 g/mol. The van der Waals surface area contributed by atoms with Crippen LogP contribution in [0.1, 0.15) is 42.9 Å². The van der Waals surface area contributed by atoms with Crippen molar-refractivity contribution in [2.24, 2.45) is 11.8 Å². The van der Waals surface area contributed by atoms with Crippen LogP contribution in [0.4, 0.5) is 4.39 Å².